The summed E-state index contributed by atoms with van der Waals surface area (Å²) < 4.78 is 0. The smallest absolute Gasteiger partial charge is 0.262 e. The molecule has 2 aromatic carbocycles. The van der Waals surface area contributed by atoms with E-state index in [-0.39, 0.29) is 5.91 Å². The van der Waals surface area contributed by atoms with Crippen LogP contribution in [0, 0.1) is 6.92 Å². The number of fused-ring (bicyclic) bond motifs is 1. The van der Waals surface area contributed by atoms with E-state index in [4.69, 9.17) is 0 Å². The Bertz CT molecular complexity index is 740. The Morgan fingerprint density at radius 3 is 2.50 bits per heavy atom. The molecule has 1 N–H and O–H groups in total. The number of anilines is 2. The molecular weight excluding hydrogens is 296 g/mol. The number of carbonyl (C=O) groups is 1. The van der Waals surface area contributed by atoms with Crippen molar-refractivity contribution in [1.29, 1.82) is 0 Å². The van der Waals surface area contributed by atoms with Crippen LogP contribution >= 0.6 is 0 Å². The summed E-state index contributed by atoms with van der Waals surface area (Å²) in [4.78, 5) is 15.3. The number of carbonyl (C=O) groups excluding carboxylic acids is 1. The number of para-hydroxylation sites is 2. The standard InChI is InChI=1S/C21H26N2O/c1-4-5-10-15-21(3)22-18-13-8-7-12-17(18)20(24)23(21)19-14-9-6-11-16(19)2/h6-9,11-14,22H,4-5,10,15H2,1-3H3. The molecule has 0 radical (unpaired) electrons. The molecule has 0 bridgehead atoms. The molecule has 126 valence electrons. The van der Waals surface area contributed by atoms with Crippen LogP contribution in [0.1, 0.15) is 55.5 Å². The second kappa shape index (κ2) is 6.68. The number of benzene rings is 2. The van der Waals surface area contributed by atoms with Gasteiger partial charge in [-0.05, 0) is 50.5 Å². The number of nitrogens with one attached hydrogen (secondary N) is 1. The highest BCUT2D eigenvalue weighted by Crippen LogP contribution is 2.38. The molecule has 1 amide bonds. The Labute approximate surface area is 144 Å². The first-order valence-electron chi connectivity index (χ1n) is 8.84. The van der Waals surface area contributed by atoms with Gasteiger partial charge in [-0.1, -0.05) is 50.1 Å². The molecule has 1 aliphatic rings. The van der Waals surface area contributed by atoms with Crippen LogP contribution in [0.15, 0.2) is 48.5 Å². The molecule has 0 saturated carbocycles. The first-order valence-corrected chi connectivity index (χ1v) is 8.84. The van der Waals surface area contributed by atoms with Gasteiger partial charge >= 0.3 is 0 Å². The molecule has 3 nitrogen and oxygen atoms in total. The van der Waals surface area contributed by atoms with Crippen LogP contribution in [0.25, 0.3) is 0 Å². The predicted molar refractivity (Wildman–Crippen MR) is 101 cm³/mol. The lowest BCUT2D eigenvalue weighted by Crippen LogP contribution is -2.58. The monoisotopic (exact) mass is 322 g/mol. The van der Waals surface area contributed by atoms with E-state index in [0.717, 1.165) is 35.3 Å². The highest BCUT2D eigenvalue weighted by Gasteiger charge is 2.41. The van der Waals surface area contributed by atoms with Gasteiger partial charge in [0.15, 0.2) is 0 Å². The molecule has 1 heterocycles. The Balaban J connectivity index is 2.07. The van der Waals surface area contributed by atoms with Crippen molar-refractivity contribution in [3.05, 3.63) is 59.7 Å². The van der Waals surface area contributed by atoms with E-state index >= 15 is 0 Å². The van der Waals surface area contributed by atoms with Gasteiger partial charge in [-0.3, -0.25) is 9.69 Å². The molecule has 0 spiro atoms. The summed E-state index contributed by atoms with van der Waals surface area (Å²) in [5.74, 6) is 0.0812. The molecule has 1 unspecified atom stereocenters. The third-order valence-electron chi connectivity index (χ3n) is 4.88. The van der Waals surface area contributed by atoms with Crippen LogP contribution in [-0.4, -0.2) is 11.6 Å². The van der Waals surface area contributed by atoms with E-state index < -0.39 is 5.66 Å². The Morgan fingerprint density at radius 1 is 1.04 bits per heavy atom. The molecule has 0 aromatic heterocycles. The molecule has 3 rings (SSSR count). The minimum Gasteiger partial charge on any atom is -0.362 e. The van der Waals surface area contributed by atoms with Crippen LogP contribution in [0.3, 0.4) is 0 Å². The van der Waals surface area contributed by atoms with Crippen molar-refractivity contribution in [2.24, 2.45) is 0 Å². The summed E-state index contributed by atoms with van der Waals surface area (Å²) in [5.41, 5.74) is 3.38. The van der Waals surface area contributed by atoms with Crippen LogP contribution in [0.4, 0.5) is 11.4 Å². The van der Waals surface area contributed by atoms with Crippen molar-refractivity contribution in [2.75, 3.05) is 10.2 Å². The van der Waals surface area contributed by atoms with E-state index in [1.54, 1.807) is 0 Å². The van der Waals surface area contributed by atoms with Crippen molar-refractivity contribution in [3.8, 4) is 0 Å². The quantitative estimate of drug-likeness (QED) is 0.751. The van der Waals surface area contributed by atoms with Gasteiger partial charge in [-0.2, -0.15) is 0 Å². The van der Waals surface area contributed by atoms with Gasteiger partial charge in [0.1, 0.15) is 5.66 Å². The maximum absolute atomic E-state index is 13.3. The number of nitrogens with zero attached hydrogens (tertiary/aromatic N) is 1. The maximum atomic E-state index is 13.3. The first-order chi connectivity index (χ1) is 11.6. The molecular formula is C21H26N2O. The third kappa shape index (κ3) is 2.91. The molecule has 1 aliphatic heterocycles. The van der Waals surface area contributed by atoms with Gasteiger partial charge in [-0.25, -0.2) is 0 Å². The summed E-state index contributed by atoms with van der Waals surface area (Å²) in [7, 11) is 0. The Hall–Kier alpha value is -2.29. The van der Waals surface area contributed by atoms with Gasteiger partial charge in [-0.15, -0.1) is 0 Å². The van der Waals surface area contributed by atoms with E-state index in [1.807, 2.05) is 47.4 Å². The van der Waals surface area contributed by atoms with Crippen molar-refractivity contribution in [3.63, 3.8) is 0 Å². The third-order valence-corrected chi connectivity index (χ3v) is 4.88. The lowest BCUT2D eigenvalue weighted by Gasteiger charge is -2.47. The van der Waals surface area contributed by atoms with Gasteiger partial charge in [0, 0.05) is 11.4 Å². The zero-order valence-electron chi connectivity index (χ0n) is 14.8. The fraction of sp³-hybridized carbons (Fsp3) is 0.381. The second-order valence-corrected chi connectivity index (χ2v) is 6.83. The van der Waals surface area contributed by atoms with Crippen molar-refractivity contribution in [2.45, 2.75) is 52.1 Å². The minimum absolute atomic E-state index is 0.0812. The van der Waals surface area contributed by atoms with Gasteiger partial charge in [0.25, 0.3) is 5.91 Å². The number of unbranched alkanes of at least 4 members (excludes halogenated alkanes) is 2. The average Bonchev–Trinajstić information content (AvgIpc) is 2.57. The number of rotatable bonds is 5. The van der Waals surface area contributed by atoms with E-state index in [0.29, 0.717) is 0 Å². The molecule has 0 aliphatic carbocycles. The van der Waals surface area contributed by atoms with E-state index in [1.165, 1.54) is 12.8 Å². The van der Waals surface area contributed by atoms with Crippen molar-refractivity contribution in [1.82, 2.24) is 0 Å². The van der Waals surface area contributed by atoms with Crippen LogP contribution < -0.4 is 10.2 Å². The fourth-order valence-corrected chi connectivity index (χ4v) is 3.55. The summed E-state index contributed by atoms with van der Waals surface area (Å²) in [6.07, 6.45) is 4.37. The fourth-order valence-electron chi connectivity index (χ4n) is 3.55. The lowest BCUT2D eigenvalue weighted by atomic mass is 9.94. The van der Waals surface area contributed by atoms with E-state index in [9.17, 15) is 4.79 Å². The topological polar surface area (TPSA) is 32.3 Å². The molecule has 3 heteroatoms. The molecule has 1 atom stereocenters. The maximum Gasteiger partial charge on any atom is 0.262 e. The number of hydrogen-bond acceptors (Lipinski definition) is 2. The average molecular weight is 322 g/mol. The highest BCUT2D eigenvalue weighted by atomic mass is 16.2. The number of amides is 1. The molecule has 0 saturated heterocycles. The SMILES string of the molecule is CCCCCC1(C)Nc2ccccc2C(=O)N1c1ccccc1C. The van der Waals surface area contributed by atoms with Gasteiger partial charge in [0.05, 0.1) is 5.56 Å². The molecule has 0 fully saturated rings. The Kier molecular flexibility index (Phi) is 4.61. The van der Waals surface area contributed by atoms with Crippen LogP contribution in [0.5, 0.6) is 0 Å². The first kappa shape index (κ1) is 16.6. The highest BCUT2D eigenvalue weighted by molar-refractivity contribution is 6.13. The van der Waals surface area contributed by atoms with Gasteiger partial charge in [0.2, 0.25) is 0 Å². The van der Waals surface area contributed by atoms with Crippen LogP contribution in [-0.2, 0) is 0 Å². The second-order valence-electron chi connectivity index (χ2n) is 6.83. The number of aryl methyl sites for hydroxylation is 1. The summed E-state index contributed by atoms with van der Waals surface area (Å²) in [5, 5.41) is 3.64. The zero-order chi connectivity index (χ0) is 17.2. The van der Waals surface area contributed by atoms with E-state index in [2.05, 4.69) is 32.2 Å². The Morgan fingerprint density at radius 2 is 1.75 bits per heavy atom. The molecule has 2 aromatic rings. The predicted octanol–water partition coefficient (Wildman–Crippen LogP) is 5.36. The van der Waals surface area contributed by atoms with Crippen molar-refractivity contribution < 1.29 is 4.79 Å². The minimum atomic E-state index is -0.410. The summed E-state index contributed by atoms with van der Waals surface area (Å²) in [6, 6.07) is 15.9. The number of hydrogen-bond donors (Lipinski definition) is 1. The zero-order valence-corrected chi connectivity index (χ0v) is 14.8. The van der Waals surface area contributed by atoms with Gasteiger partial charge < -0.3 is 5.32 Å². The summed E-state index contributed by atoms with van der Waals surface area (Å²) in [6.45, 7) is 6.41. The summed E-state index contributed by atoms with van der Waals surface area (Å²) >= 11 is 0. The largest absolute Gasteiger partial charge is 0.362 e. The lowest BCUT2D eigenvalue weighted by molar-refractivity contribution is 0.0954. The molecule has 24 heavy (non-hydrogen) atoms. The van der Waals surface area contributed by atoms with Crippen LogP contribution in [0.2, 0.25) is 0 Å². The van der Waals surface area contributed by atoms with Crippen molar-refractivity contribution >= 4 is 17.3 Å². The normalized spacial score (nSPS) is 19.8.